The third-order valence-electron chi connectivity index (χ3n) is 11.1. The van der Waals surface area contributed by atoms with Gasteiger partial charge in [-0.25, -0.2) is 0 Å². The van der Waals surface area contributed by atoms with Gasteiger partial charge in [0.15, 0.2) is 5.79 Å². The van der Waals surface area contributed by atoms with Gasteiger partial charge in [-0.05, 0) is 85.5 Å². The van der Waals surface area contributed by atoms with Gasteiger partial charge in [-0.3, -0.25) is 4.18 Å². The van der Waals surface area contributed by atoms with Crippen molar-refractivity contribution in [3.8, 4) is 0 Å². The van der Waals surface area contributed by atoms with E-state index in [1.54, 1.807) is 19.2 Å². The van der Waals surface area contributed by atoms with Crippen LogP contribution in [0.25, 0.3) is 0 Å². The number of aliphatic hydroxyl groups excluding tert-OH is 1. The first-order valence-corrected chi connectivity index (χ1v) is 22.7. The summed E-state index contributed by atoms with van der Waals surface area (Å²) in [5.41, 5.74) is -0.520. The second-order valence-corrected chi connectivity index (χ2v) is 22.5. The summed E-state index contributed by atoms with van der Waals surface area (Å²) in [5, 5.41) is 24.2. The molecule has 0 aliphatic carbocycles. The first-order valence-electron chi connectivity index (χ1n) is 19.4. The number of aliphatic hydroxyl groups is 2. The molecular formula is C44H64O8SSi. The Bertz CT molecular complexity index is 1680. The minimum Gasteiger partial charge on any atom is -0.407 e. The quantitative estimate of drug-likeness (QED) is 0.0774. The van der Waals surface area contributed by atoms with E-state index in [9.17, 15) is 18.6 Å². The van der Waals surface area contributed by atoms with E-state index in [2.05, 4.69) is 102 Å². The third kappa shape index (κ3) is 10.6. The van der Waals surface area contributed by atoms with E-state index in [1.807, 2.05) is 19.1 Å². The van der Waals surface area contributed by atoms with E-state index in [-0.39, 0.29) is 46.6 Å². The molecule has 0 aromatic heterocycles. The fraction of sp³-hybridized carbons (Fsp3) is 0.545. The van der Waals surface area contributed by atoms with Gasteiger partial charge in [0.05, 0.1) is 29.3 Å². The fourth-order valence-electron chi connectivity index (χ4n) is 7.86. The zero-order valence-electron chi connectivity index (χ0n) is 33.8. The van der Waals surface area contributed by atoms with Crippen LogP contribution in [0.15, 0.2) is 102 Å². The van der Waals surface area contributed by atoms with Gasteiger partial charge in [0, 0.05) is 25.6 Å². The minimum absolute atomic E-state index is 0.0361. The van der Waals surface area contributed by atoms with Gasteiger partial charge >= 0.3 is 0 Å². The van der Waals surface area contributed by atoms with Crippen molar-refractivity contribution < 1.29 is 36.7 Å². The van der Waals surface area contributed by atoms with Crippen LogP contribution in [-0.4, -0.2) is 70.9 Å². The Morgan fingerprint density at radius 1 is 0.963 bits per heavy atom. The van der Waals surface area contributed by atoms with Crippen molar-refractivity contribution in [2.45, 2.75) is 121 Å². The molecular weight excluding hydrogens is 717 g/mol. The summed E-state index contributed by atoms with van der Waals surface area (Å²) in [5.74, 6) is -0.535. The molecule has 1 aliphatic heterocycles. The Morgan fingerprint density at radius 3 is 2.06 bits per heavy atom. The molecule has 3 aromatic rings. The van der Waals surface area contributed by atoms with Crippen molar-refractivity contribution in [1.29, 1.82) is 0 Å². The number of benzene rings is 3. The van der Waals surface area contributed by atoms with Crippen LogP contribution in [0.5, 0.6) is 0 Å². The van der Waals surface area contributed by atoms with Crippen LogP contribution in [0, 0.1) is 24.7 Å². The van der Waals surface area contributed by atoms with Crippen LogP contribution < -0.4 is 10.4 Å². The number of methoxy groups -OCH3 is 1. The molecule has 7 atom stereocenters. The van der Waals surface area contributed by atoms with E-state index in [0.29, 0.717) is 13.0 Å². The molecule has 1 heterocycles. The smallest absolute Gasteiger partial charge is 0.297 e. The Labute approximate surface area is 326 Å². The molecule has 8 nitrogen and oxygen atoms in total. The third-order valence-corrected chi connectivity index (χ3v) is 17.4. The maximum absolute atomic E-state index is 12.6. The summed E-state index contributed by atoms with van der Waals surface area (Å²) in [6.07, 6.45) is 5.42. The SMILES string of the molecule is CC[C@@H](CO[Si](c1ccccc1)(c1ccccc1)C(C)(C)C)[C@H]1OC(/C=C\CC(O)CC[C@](C)(O)COS(=O)(=O)c2ccc(C)cc2)(OC)[C@H](C)C[C@@H]1C. The Balaban J connectivity index is 1.43. The Hall–Kier alpha value is -2.67. The summed E-state index contributed by atoms with van der Waals surface area (Å²) in [6, 6.07) is 27.8. The van der Waals surface area contributed by atoms with Crippen LogP contribution >= 0.6 is 0 Å². The molecule has 1 aliphatic rings. The zero-order valence-corrected chi connectivity index (χ0v) is 35.6. The standard InChI is InChI=1S/C44H64O8SSi/c1-10-36(31-51-54(42(5,6)7,39-19-13-11-14-20-39)40-21-15-12-16-22-40)41-34(3)30-35(4)44(49-9,52-41)28-17-18-37(45)27-29-43(8,46)32-50-53(47,48)38-25-23-33(2)24-26-38/h11-17,19-26,28,34-37,41,45-46H,10,18,27,29-32H2,1-9H3/b28-17-/t34-,35+,36-,37?,41-,43-,44?/m0/s1. The predicted octanol–water partition coefficient (Wildman–Crippen LogP) is 7.55. The summed E-state index contributed by atoms with van der Waals surface area (Å²) >= 11 is 0. The van der Waals surface area contributed by atoms with Crippen LogP contribution in [0.3, 0.4) is 0 Å². The average molecular weight is 781 g/mol. The van der Waals surface area contributed by atoms with Crippen LogP contribution in [0.4, 0.5) is 0 Å². The van der Waals surface area contributed by atoms with Crippen molar-refractivity contribution in [1.82, 2.24) is 0 Å². The maximum atomic E-state index is 12.6. The minimum atomic E-state index is -4.02. The van der Waals surface area contributed by atoms with E-state index in [1.165, 1.54) is 29.4 Å². The molecule has 0 bridgehead atoms. The largest absolute Gasteiger partial charge is 0.407 e. The zero-order chi connectivity index (χ0) is 39.8. The second kappa shape index (κ2) is 18.5. The number of aryl methyl sites for hydroxylation is 1. The van der Waals surface area contributed by atoms with Crippen LogP contribution in [0.1, 0.15) is 86.1 Å². The second-order valence-electron chi connectivity index (χ2n) is 16.6. The molecule has 4 rings (SSSR count). The highest BCUT2D eigenvalue weighted by Crippen LogP contribution is 2.43. The highest BCUT2D eigenvalue weighted by Gasteiger charge is 2.52. The topological polar surface area (TPSA) is 112 Å². The van der Waals surface area contributed by atoms with Crippen LogP contribution in [0.2, 0.25) is 5.04 Å². The molecule has 1 fully saturated rings. The lowest BCUT2D eigenvalue weighted by Gasteiger charge is -2.49. The molecule has 3 aromatic carbocycles. The lowest BCUT2D eigenvalue weighted by atomic mass is 9.78. The molecule has 0 saturated carbocycles. The normalized spacial score (nSPS) is 23.6. The lowest BCUT2D eigenvalue weighted by Crippen LogP contribution is -2.67. The Morgan fingerprint density at radius 2 is 1.54 bits per heavy atom. The van der Waals surface area contributed by atoms with Gasteiger partial charge in [0.25, 0.3) is 18.4 Å². The number of hydrogen-bond acceptors (Lipinski definition) is 8. The number of rotatable bonds is 18. The molecule has 0 amide bonds. The molecule has 0 radical (unpaired) electrons. The first-order chi connectivity index (χ1) is 25.4. The van der Waals surface area contributed by atoms with E-state index >= 15 is 0 Å². The van der Waals surface area contributed by atoms with Crippen molar-refractivity contribution in [2.75, 3.05) is 20.3 Å². The van der Waals surface area contributed by atoms with Gasteiger partial charge in [0.1, 0.15) is 0 Å². The first kappa shape index (κ1) is 44.0. The molecule has 298 valence electrons. The maximum Gasteiger partial charge on any atom is 0.297 e. The molecule has 54 heavy (non-hydrogen) atoms. The van der Waals surface area contributed by atoms with E-state index < -0.39 is 42.5 Å². The molecule has 2 N–H and O–H groups in total. The van der Waals surface area contributed by atoms with Gasteiger partial charge in [-0.15, -0.1) is 0 Å². The number of hydrogen-bond donors (Lipinski definition) is 2. The fourth-order valence-corrected chi connectivity index (χ4v) is 13.5. The highest BCUT2D eigenvalue weighted by atomic mass is 32.2. The van der Waals surface area contributed by atoms with Crippen LogP contribution in [-0.2, 0) is 28.2 Å². The highest BCUT2D eigenvalue weighted by molar-refractivity contribution is 7.86. The predicted molar refractivity (Wildman–Crippen MR) is 219 cm³/mol. The van der Waals surface area contributed by atoms with Gasteiger partial charge < -0.3 is 24.1 Å². The van der Waals surface area contributed by atoms with Gasteiger partial charge in [0.2, 0.25) is 0 Å². The van der Waals surface area contributed by atoms with Crippen molar-refractivity contribution in [2.24, 2.45) is 17.8 Å². The monoisotopic (exact) mass is 780 g/mol. The van der Waals surface area contributed by atoms with Crippen molar-refractivity contribution in [3.63, 3.8) is 0 Å². The van der Waals surface area contributed by atoms with Crippen molar-refractivity contribution >= 4 is 28.8 Å². The summed E-state index contributed by atoms with van der Waals surface area (Å²) in [4.78, 5) is 0.0361. The molecule has 0 spiro atoms. The lowest BCUT2D eigenvalue weighted by molar-refractivity contribution is -0.287. The average Bonchev–Trinajstić information content (AvgIpc) is 3.14. The summed E-state index contributed by atoms with van der Waals surface area (Å²) in [7, 11) is -5.09. The van der Waals surface area contributed by atoms with E-state index in [0.717, 1.165) is 18.4 Å². The Kier molecular flexibility index (Phi) is 15.1. The number of ether oxygens (including phenoxy) is 2. The van der Waals surface area contributed by atoms with Gasteiger partial charge in [-0.1, -0.05) is 126 Å². The summed E-state index contributed by atoms with van der Waals surface area (Å²) < 4.78 is 51.0. The molecule has 1 saturated heterocycles. The summed E-state index contributed by atoms with van der Waals surface area (Å²) in [6.45, 7) is 17.0. The van der Waals surface area contributed by atoms with Gasteiger partial charge in [-0.2, -0.15) is 8.42 Å². The molecule has 10 heteroatoms. The van der Waals surface area contributed by atoms with E-state index in [4.69, 9.17) is 18.1 Å². The van der Waals surface area contributed by atoms with Crippen molar-refractivity contribution in [3.05, 3.63) is 103 Å². The molecule has 2 unspecified atom stereocenters.